The van der Waals surface area contributed by atoms with Gasteiger partial charge < -0.3 is 15.1 Å². The molecular weight excluding hydrogens is 454 g/mol. The molecule has 172 valence electrons. The molecule has 2 N–H and O–H groups in total. The minimum Gasteiger partial charge on any atom is -0.461 e. The molecule has 1 unspecified atom stereocenters. The molecule has 33 heavy (non-hydrogen) atoms. The van der Waals surface area contributed by atoms with Crippen LogP contribution in [-0.4, -0.2) is 55.6 Å². The van der Waals surface area contributed by atoms with Crippen LogP contribution in [0.15, 0.2) is 34.9 Å². The Morgan fingerprint density at radius 3 is 2.88 bits per heavy atom. The number of halogens is 3. The summed E-state index contributed by atoms with van der Waals surface area (Å²) < 4.78 is 35.3. The Bertz CT molecular complexity index is 1300. The van der Waals surface area contributed by atoms with E-state index >= 15 is 0 Å². The maximum absolute atomic E-state index is 14.4. The number of benzene rings is 1. The third-order valence-electron chi connectivity index (χ3n) is 5.79. The minimum atomic E-state index is -0.712. The summed E-state index contributed by atoms with van der Waals surface area (Å²) in [6.45, 7) is 1.40. The molecule has 4 heterocycles. The molecule has 0 spiro atoms. The fourth-order valence-electron chi connectivity index (χ4n) is 4.10. The lowest BCUT2D eigenvalue weighted by Crippen LogP contribution is -2.39. The van der Waals surface area contributed by atoms with Crippen molar-refractivity contribution >= 4 is 29.3 Å². The average Bonchev–Trinajstić information content (AvgIpc) is 3.54. The molecule has 1 fully saturated rings. The zero-order chi connectivity index (χ0) is 23.1. The van der Waals surface area contributed by atoms with Crippen LogP contribution >= 0.6 is 11.6 Å². The topological polar surface area (TPSA) is 102 Å². The molecule has 0 saturated carbocycles. The summed E-state index contributed by atoms with van der Waals surface area (Å²) in [6, 6.07) is 5.95. The number of nitrogens with zero attached hydrogens (tertiary/aromatic N) is 7. The van der Waals surface area contributed by atoms with Crippen LogP contribution in [0.3, 0.4) is 0 Å². The van der Waals surface area contributed by atoms with Gasteiger partial charge >= 0.3 is 0 Å². The van der Waals surface area contributed by atoms with Crippen LogP contribution < -0.4 is 10.6 Å². The van der Waals surface area contributed by atoms with Gasteiger partial charge in [0.25, 0.3) is 5.78 Å². The maximum atomic E-state index is 14.4. The van der Waals surface area contributed by atoms with E-state index < -0.39 is 11.6 Å². The van der Waals surface area contributed by atoms with Crippen LogP contribution in [0.2, 0.25) is 5.02 Å². The summed E-state index contributed by atoms with van der Waals surface area (Å²) in [7, 11) is 1.84. The number of fused-ring (bicyclic) bond motifs is 1. The van der Waals surface area contributed by atoms with Crippen molar-refractivity contribution in [2.45, 2.75) is 25.4 Å². The highest BCUT2D eigenvalue weighted by Crippen LogP contribution is 2.27. The number of hydrogen-bond donors (Lipinski definition) is 1. The highest BCUT2D eigenvalue weighted by molar-refractivity contribution is 6.30. The van der Waals surface area contributed by atoms with Crippen LogP contribution in [0, 0.1) is 11.6 Å². The van der Waals surface area contributed by atoms with E-state index in [1.807, 2.05) is 16.8 Å². The Labute approximate surface area is 192 Å². The van der Waals surface area contributed by atoms with E-state index in [1.54, 1.807) is 12.1 Å². The molecule has 0 aliphatic carbocycles. The lowest BCUT2D eigenvalue weighted by molar-refractivity contribution is 0.241. The second-order valence-electron chi connectivity index (χ2n) is 7.98. The number of likely N-dealkylation sites (N-methyl/N-ethyl adjacent to an activating group) is 1. The lowest BCUT2D eigenvalue weighted by atomic mass is 10.1. The number of nitrogen functional groups attached to an aromatic ring is 1. The monoisotopic (exact) mass is 474 g/mol. The highest BCUT2D eigenvalue weighted by Gasteiger charge is 2.29. The van der Waals surface area contributed by atoms with Crippen molar-refractivity contribution in [2.75, 3.05) is 30.8 Å². The fraction of sp³-hybridized carbons (Fsp3) is 0.333. The van der Waals surface area contributed by atoms with Gasteiger partial charge in [0.2, 0.25) is 17.7 Å². The third kappa shape index (κ3) is 4.09. The summed E-state index contributed by atoms with van der Waals surface area (Å²) in [6.07, 6.45) is 3.32. The van der Waals surface area contributed by atoms with Gasteiger partial charge in [0.05, 0.1) is 11.3 Å². The number of likely N-dealkylation sites (tertiary alicyclic amines) is 1. The SMILES string of the molecule is CN(CC1CCCN1Cc1c(F)ccc(Cl)c1F)c1nc(N)n2nc(-c3ccco3)nc2n1. The van der Waals surface area contributed by atoms with Crippen molar-refractivity contribution < 1.29 is 13.2 Å². The van der Waals surface area contributed by atoms with Crippen molar-refractivity contribution in [1.82, 2.24) is 29.5 Å². The number of furan rings is 1. The molecule has 0 radical (unpaired) electrons. The standard InChI is InChI=1S/C21H21ClF2N8O/c1-30(10-12-4-2-8-31(12)11-13-15(23)7-6-14(22)17(13)24)20-27-19(25)32-21(28-20)26-18(29-32)16-5-3-9-33-16/h3,5-7,9,12H,2,4,8,10-11H2,1H3,(H2,25,26,27,28,29). The second kappa shape index (κ2) is 8.56. The molecule has 1 saturated heterocycles. The van der Waals surface area contributed by atoms with Gasteiger partial charge in [-0.3, -0.25) is 4.90 Å². The first-order valence-electron chi connectivity index (χ1n) is 10.4. The van der Waals surface area contributed by atoms with Crippen molar-refractivity contribution in [1.29, 1.82) is 0 Å². The Kier molecular flexibility index (Phi) is 5.59. The first-order valence-corrected chi connectivity index (χ1v) is 10.8. The van der Waals surface area contributed by atoms with Crippen LogP contribution in [0.5, 0.6) is 0 Å². The van der Waals surface area contributed by atoms with Crippen molar-refractivity contribution in [3.05, 3.63) is 52.7 Å². The molecular formula is C21H21ClF2N8O. The molecule has 1 atom stereocenters. The summed E-state index contributed by atoms with van der Waals surface area (Å²) >= 11 is 5.85. The molecule has 12 heteroatoms. The summed E-state index contributed by atoms with van der Waals surface area (Å²) in [5.41, 5.74) is 6.07. The number of rotatable bonds is 6. The van der Waals surface area contributed by atoms with Gasteiger partial charge in [-0.2, -0.15) is 19.5 Å². The first kappa shape index (κ1) is 21.5. The summed E-state index contributed by atoms with van der Waals surface area (Å²) in [5.74, 6) is 0.351. The molecule has 0 bridgehead atoms. The largest absolute Gasteiger partial charge is 0.461 e. The van der Waals surface area contributed by atoms with E-state index in [4.69, 9.17) is 21.8 Å². The quantitative estimate of drug-likeness (QED) is 0.424. The van der Waals surface area contributed by atoms with Crippen LogP contribution in [-0.2, 0) is 6.54 Å². The first-order chi connectivity index (χ1) is 15.9. The van der Waals surface area contributed by atoms with Crippen LogP contribution in [0.25, 0.3) is 17.4 Å². The number of nitrogens with two attached hydrogens (primary N) is 1. The van der Waals surface area contributed by atoms with E-state index in [0.717, 1.165) is 19.4 Å². The second-order valence-corrected chi connectivity index (χ2v) is 8.38. The maximum Gasteiger partial charge on any atom is 0.259 e. The Morgan fingerprint density at radius 1 is 1.24 bits per heavy atom. The van der Waals surface area contributed by atoms with Gasteiger partial charge in [0, 0.05) is 31.7 Å². The van der Waals surface area contributed by atoms with Crippen molar-refractivity contribution in [3.63, 3.8) is 0 Å². The zero-order valence-electron chi connectivity index (χ0n) is 17.7. The molecule has 1 aliphatic rings. The molecule has 9 nitrogen and oxygen atoms in total. The van der Waals surface area contributed by atoms with E-state index in [9.17, 15) is 8.78 Å². The van der Waals surface area contributed by atoms with Crippen molar-refractivity contribution in [3.8, 4) is 11.6 Å². The number of anilines is 2. The average molecular weight is 475 g/mol. The normalized spacial score (nSPS) is 16.7. The lowest BCUT2D eigenvalue weighted by Gasteiger charge is -2.29. The molecule has 3 aromatic heterocycles. The zero-order valence-corrected chi connectivity index (χ0v) is 18.5. The van der Waals surface area contributed by atoms with Gasteiger partial charge in [-0.25, -0.2) is 8.78 Å². The van der Waals surface area contributed by atoms with Gasteiger partial charge in [0.1, 0.15) is 11.6 Å². The van der Waals surface area contributed by atoms with E-state index in [-0.39, 0.29) is 29.1 Å². The number of hydrogen-bond acceptors (Lipinski definition) is 8. The van der Waals surface area contributed by atoms with Crippen molar-refractivity contribution in [2.24, 2.45) is 0 Å². The summed E-state index contributed by atoms with van der Waals surface area (Å²) in [4.78, 5) is 17.1. The van der Waals surface area contributed by atoms with E-state index in [0.29, 0.717) is 29.9 Å². The molecule has 4 aromatic rings. The van der Waals surface area contributed by atoms with Gasteiger partial charge in [-0.1, -0.05) is 11.6 Å². The highest BCUT2D eigenvalue weighted by atomic mass is 35.5. The van der Waals surface area contributed by atoms with Crippen LogP contribution in [0.1, 0.15) is 18.4 Å². The number of aromatic nitrogens is 5. The van der Waals surface area contributed by atoms with Gasteiger partial charge in [-0.05, 0) is 43.7 Å². The Balaban J connectivity index is 1.35. The van der Waals surface area contributed by atoms with Gasteiger partial charge in [-0.15, -0.1) is 5.10 Å². The molecule has 5 rings (SSSR count). The summed E-state index contributed by atoms with van der Waals surface area (Å²) in [5, 5.41) is 4.21. The third-order valence-corrected chi connectivity index (χ3v) is 6.08. The Hall–Kier alpha value is -3.31. The van der Waals surface area contributed by atoms with Crippen LogP contribution in [0.4, 0.5) is 20.7 Å². The molecule has 1 aliphatic heterocycles. The van der Waals surface area contributed by atoms with E-state index in [2.05, 4.69) is 20.1 Å². The predicted molar refractivity (Wildman–Crippen MR) is 119 cm³/mol. The minimum absolute atomic E-state index is 0.0205. The fourth-order valence-corrected chi connectivity index (χ4v) is 4.28. The van der Waals surface area contributed by atoms with E-state index in [1.165, 1.54) is 22.9 Å². The molecule has 1 aromatic carbocycles. The van der Waals surface area contributed by atoms with Gasteiger partial charge in [0.15, 0.2) is 5.76 Å². The smallest absolute Gasteiger partial charge is 0.259 e. The molecule has 0 amide bonds. The Morgan fingerprint density at radius 2 is 2.09 bits per heavy atom. The predicted octanol–water partition coefficient (Wildman–Crippen LogP) is 3.39.